The second-order valence-electron chi connectivity index (χ2n) is 6.61. The second kappa shape index (κ2) is 7.82. The van der Waals surface area contributed by atoms with Crippen molar-refractivity contribution in [1.29, 1.82) is 0 Å². The molecule has 0 aliphatic carbocycles. The number of carbonyl (C=O) groups is 2. The summed E-state index contributed by atoms with van der Waals surface area (Å²) in [6.07, 6.45) is 3.91. The molecule has 1 heterocycles. The van der Waals surface area contributed by atoms with Crippen LogP contribution in [0.4, 0.5) is 0 Å². The molecule has 2 rings (SSSR count). The summed E-state index contributed by atoms with van der Waals surface area (Å²) in [4.78, 5) is 26.8. The Morgan fingerprint density at radius 1 is 1.22 bits per heavy atom. The molecule has 126 valence electrons. The van der Waals surface area contributed by atoms with Crippen LogP contribution in [0.2, 0.25) is 5.02 Å². The highest BCUT2D eigenvalue weighted by atomic mass is 35.5. The normalized spacial score (nSPS) is 15.3. The SMILES string of the molecule is CC(C)(C(=O)NCCc1cccc(Cl)c1)C(=O)N1CCCCC1. The third-order valence-corrected chi connectivity index (χ3v) is 4.57. The maximum Gasteiger partial charge on any atom is 0.237 e. The van der Waals surface area contributed by atoms with Gasteiger partial charge in [-0.25, -0.2) is 0 Å². The van der Waals surface area contributed by atoms with E-state index in [-0.39, 0.29) is 11.8 Å². The number of nitrogens with zero attached hydrogens (tertiary/aromatic N) is 1. The molecule has 2 amide bonds. The minimum absolute atomic E-state index is 0.0718. The molecular formula is C18H25ClN2O2. The summed E-state index contributed by atoms with van der Waals surface area (Å²) in [6.45, 7) is 5.43. The fourth-order valence-corrected chi connectivity index (χ4v) is 3.04. The molecule has 1 aliphatic heterocycles. The summed E-state index contributed by atoms with van der Waals surface area (Å²) in [7, 11) is 0. The van der Waals surface area contributed by atoms with Crippen LogP contribution in [0, 0.1) is 5.41 Å². The van der Waals surface area contributed by atoms with Gasteiger partial charge in [0.2, 0.25) is 11.8 Å². The molecule has 0 atom stereocenters. The lowest BCUT2D eigenvalue weighted by Gasteiger charge is -2.33. The number of piperidine rings is 1. The zero-order chi connectivity index (χ0) is 16.9. The van der Waals surface area contributed by atoms with Crippen molar-refractivity contribution >= 4 is 23.4 Å². The van der Waals surface area contributed by atoms with E-state index in [9.17, 15) is 9.59 Å². The van der Waals surface area contributed by atoms with Crippen molar-refractivity contribution in [3.63, 3.8) is 0 Å². The van der Waals surface area contributed by atoms with Crippen LogP contribution in [0.3, 0.4) is 0 Å². The third kappa shape index (κ3) is 4.71. The van der Waals surface area contributed by atoms with Gasteiger partial charge < -0.3 is 10.2 Å². The summed E-state index contributed by atoms with van der Waals surface area (Å²) in [5.74, 6) is -0.285. The Kier molecular flexibility index (Phi) is 6.05. The van der Waals surface area contributed by atoms with E-state index in [1.54, 1.807) is 13.8 Å². The molecule has 1 fully saturated rings. The molecule has 0 radical (unpaired) electrons. The van der Waals surface area contributed by atoms with Crippen molar-refractivity contribution in [2.75, 3.05) is 19.6 Å². The van der Waals surface area contributed by atoms with Crippen LogP contribution in [-0.2, 0) is 16.0 Å². The molecule has 0 aromatic heterocycles. The number of halogens is 1. The van der Waals surface area contributed by atoms with Gasteiger partial charge in [0.25, 0.3) is 0 Å². The van der Waals surface area contributed by atoms with Crippen LogP contribution in [0.5, 0.6) is 0 Å². The Hall–Kier alpha value is -1.55. The fraction of sp³-hybridized carbons (Fsp3) is 0.556. The molecule has 0 saturated carbocycles. The first kappa shape index (κ1) is 17.8. The van der Waals surface area contributed by atoms with E-state index in [0.29, 0.717) is 18.0 Å². The molecule has 23 heavy (non-hydrogen) atoms. The Morgan fingerprint density at radius 3 is 2.57 bits per heavy atom. The maximum atomic E-state index is 12.6. The van der Waals surface area contributed by atoms with Gasteiger partial charge >= 0.3 is 0 Å². The lowest BCUT2D eigenvalue weighted by molar-refractivity contribution is -0.149. The smallest absolute Gasteiger partial charge is 0.237 e. The summed E-state index contributed by atoms with van der Waals surface area (Å²) < 4.78 is 0. The first-order chi connectivity index (χ1) is 10.9. The van der Waals surface area contributed by atoms with Gasteiger partial charge in [0.15, 0.2) is 0 Å². The predicted octanol–water partition coefficient (Wildman–Crippen LogP) is 3.04. The van der Waals surface area contributed by atoms with E-state index in [1.807, 2.05) is 29.2 Å². The number of hydrogen-bond donors (Lipinski definition) is 1. The highest BCUT2D eigenvalue weighted by Gasteiger charge is 2.39. The summed E-state index contributed by atoms with van der Waals surface area (Å²) in [6, 6.07) is 7.58. The van der Waals surface area contributed by atoms with Crippen LogP contribution in [0.15, 0.2) is 24.3 Å². The summed E-state index contributed by atoms with van der Waals surface area (Å²) in [5.41, 5.74) is 0.0454. The molecule has 5 heteroatoms. The van der Waals surface area contributed by atoms with Crippen molar-refractivity contribution in [2.45, 2.75) is 39.5 Å². The van der Waals surface area contributed by atoms with Crippen LogP contribution in [-0.4, -0.2) is 36.3 Å². The number of rotatable bonds is 5. The van der Waals surface area contributed by atoms with Crippen molar-refractivity contribution in [1.82, 2.24) is 10.2 Å². The van der Waals surface area contributed by atoms with E-state index >= 15 is 0 Å². The molecule has 1 aliphatic rings. The Morgan fingerprint density at radius 2 is 1.91 bits per heavy atom. The molecule has 1 aromatic rings. The van der Waals surface area contributed by atoms with Gasteiger partial charge in [-0.2, -0.15) is 0 Å². The van der Waals surface area contributed by atoms with Gasteiger partial charge in [-0.15, -0.1) is 0 Å². The maximum absolute atomic E-state index is 12.6. The lowest BCUT2D eigenvalue weighted by Crippen LogP contribution is -2.51. The average molecular weight is 337 g/mol. The van der Waals surface area contributed by atoms with Crippen molar-refractivity contribution in [3.8, 4) is 0 Å². The number of amides is 2. The van der Waals surface area contributed by atoms with Crippen LogP contribution >= 0.6 is 11.6 Å². The van der Waals surface area contributed by atoms with E-state index in [0.717, 1.165) is 37.9 Å². The number of benzene rings is 1. The largest absolute Gasteiger partial charge is 0.355 e. The molecule has 1 saturated heterocycles. The Bertz CT molecular complexity index is 566. The number of hydrogen-bond acceptors (Lipinski definition) is 2. The molecule has 0 bridgehead atoms. The topological polar surface area (TPSA) is 49.4 Å². The fourth-order valence-electron chi connectivity index (χ4n) is 2.82. The summed E-state index contributed by atoms with van der Waals surface area (Å²) >= 11 is 5.95. The first-order valence-corrected chi connectivity index (χ1v) is 8.61. The monoisotopic (exact) mass is 336 g/mol. The van der Waals surface area contributed by atoms with Crippen LogP contribution < -0.4 is 5.32 Å². The number of carbonyl (C=O) groups excluding carboxylic acids is 2. The Balaban J connectivity index is 1.86. The standard InChI is InChI=1S/C18H25ClN2O2/c1-18(2,17(23)21-11-4-3-5-12-21)16(22)20-10-9-14-7-6-8-15(19)13-14/h6-8,13H,3-5,9-12H2,1-2H3,(H,20,22). The van der Waals surface area contributed by atoms with E-state index in [4.69, 9.17) is 11.6 Å². The Labute approximate surface area is 143 Å². The van der Waals surface area contributed by atoms with Crippen LogP contribution in [0.25, 0.3) is 0 Å². The van der Waals surface area contributed by atoms with Crippen molar-refractivity contribution in [2.24, 2.45) is 5.41 Å². The van der Waals surface area contributed by atoms with Gasteiger partial charge in [-0.05, 0) is 57.2 Å². The van der Waals surface area contributed by atoms with Gasteiger partial charge in [-0.1, -0.05) is 23.7 Å². The lowest BCUT2D eigenvalue weighted by atomic mass is 9.89. The molecule has 4 nitrogen and oxygen atoms in total. The molecule has 1 N–H and O–H groups in total. The molecular weight excluding hydrogens is 312 g/mol. The van der Waals surface area contributed by atoms with Gasteiger partial charge in [0, 0.05) is 24.7 Å². The molecule has 0 spiro atoms. The minimum atomic E-state index is -1.02. The van der Waals surface area contributed by atoms with Gasteiger partial charge in [0.05, 0.1) is 0 Å². The summed E-state index contributed by atoms with van der Waals surface area (Å²) in [5, 5.41) is 3.57. The minimum Gasteiger partial charge on any atom is -0.355 e. The second-order valence-corrected chi connectivity index (χ2v) is 7.05. The number of likely N-dealkylation sites (tertiary alicyclic amines) is 1. The van der Waals surface area contributed by atoms with E-state index in [1.165, 1.54) is 0 Å². The third-order valence-electron chi connectivity index (χ3n) is 4.33. The number of nitrogens with one attached hydrogen (secondary N) is 1. The molecule has 1 aromatic carbocycles. The highest BCUT2D eigenvalue weighted by molar-refractivity contribution is 6.30. The van der Waals surface area contributed by atoms with Crippen molar-refractivity contribution < 1.29 is 9.59 Å². The van der Waals surface area contributed by atoms with E-state index < -0.39 is 5.41 Å². The quantitative estimate of drug-likeness (QED) is 0.840. The highest BCUT2D eigenvalue weighted by Crippen LogP contribution is 2.22. The predicted molar refractivity (Wildman–Crippen MR) is 92.4 cm³/mol. The van der Waals surface area contributed by atoms with Gasteiger partial charge in [-0.3, -0.25) is 9.59 Å². The van der Waals surface area contributed by atoms with Crippen LogP contribution in [0.1, 0.15) is 38.7 Å². The average Bonchev–Trinajstić information content (AvgIpc) is 2.55. The zero-order valence-electron chi connectivity index (χ0n) is 13.9. The zero-order valence-corrected chi connectivity index (χ0v) is 14.7. The molecule has 0 unspecified atom stereocenters. The van der Waals surface area contributed by atoms with E-state index in [2.05, 4.69) is 5.32 Å². The first-order valence-electron chi connectivity index (χ1n) is 8.23. The van der Waals surface area contributed by atoms with Gasteiger partial charge in [0.1, 0.15) is 5.41 Å². The van der Waals surface area contributed by atoms with Crippen molar-refractivity contribution in [3.05, 3.63) is 34.9 Å².